The molecule has 0 radical (unpaired) electrons. The third-order valence-corrected chi connectivity index (χ3v) is 2.82. The highest BCUT2D eigenvalue weighted by Gasteiger charge is 2.00. The van der Waals surface area contributed by atoms with Crippen LogP contribution in [-0.2, 0) is 6.42 Å². The van der Waals surface area contributed by atoms with Gasteiger partial charge >= 0.3 is 0 Å². The molecule has 0 spiro atoms. The lowest BCUT2D eigenvalue weighted by molar-refractivity contribution is 1.12. The number of nitrogens with two attached hydrogens (primary N) is 1. The number of aryl methyl sites for hydroxylation is 2. The largest absolute Gasteiger partial charge is 0.399 e. The van der Waals surface area contributed by atoms with Crippen molar-refractivity contribution in [3.05, 3.63) is 26.8 Å². The predicted molar refractivity (Wildman–Crippen MR) is 57.7 cm³/mol. The monoisotopic (exact) mass is 261 g/mol. The SMILES string of the molecule is CCc1cc(N)c(C)cc1I. The Morgan fingerprint density at radius 2 is 2.09 bits per heavy atom. The third kappa shape index (κ3) is 1.86. The lowest BCUT2D eigenvalue weighted by atomic mass is 10.1. The van der Waals surface area contributed by atoms with E-state index in [2.05, 4.69) is 41.6 Å². The Labute approximate surface area is 81.1 Å². The first-order chi connectivity index (χ1) is 5.15. The summed E-state index contributed by atoms with van der Waals surface area (Å²) in [5, 5.41) is 0. The number of halogens is 1. The van der Waals surface area contributed by atoms with Gasteiger partial charge in [-0.3, -0.25) is 0 Å². The molecule has 0 saturated carbocycles. The number of benzene rings is 1. The van der Waals surface area contributed by atoms with Gasteiger partial charge in [0.05, 0.1) is 0 Å². The maximum Gasteiger partial charge on any atom is 0.0347 e. The van der Waals surface area contributed by atoms with E-state index in [1.165, 1.54) is 14.7 Å². The van der Waals surface area contributed by atoms with Crippen molar-refractivity contribution in [1.82, 2.24) is 0 Å². The van der Waals surface area contributed by atoms with Gasteiger partial charge in [0.25, 0.3) is 0 Å². The zero-order valence-electron chi connectivity index (χ0n) is 6.82. The second kappa shape index (κ2) is 3.43. The summed E-state index contributed by atoms with van der Waals surface area (Å²) in [7, 11) is 0. The summed E-state index contributed by atoms with van der Waals surface area (Å²) >= 11 is 2.35. The first kappa shape index (κ1) is 8.84. The topological polar surface area (TPSA) is 26.0 Å². The quantitative estimate of drug-likeness (QED) is 0.610. The van der Waals surface area contributed by atoms with Crippen LogP contribution >= 0.6 is 22.6 Å². The molecular formula is C9H12IN. The van der Waals surface area contributed by atoms with Crippen molar-refractivity contribution in [1.29, 1.82) is 0 Å². The standard InChI is InChI=1S/C9H12IN/c1-3-7-5-9(11)6(2)4-8(7)10/h4-5H,3,11H2,1-2H3. The van der Waals surface area contributed by atoms with E-state index in [1.54, 1.807) is 0 Å². The van der Waals surface area contributed by atoms with Gasteiger partial charge in [0.2, 0.25) is 0 Å². The van der Waals surface area contributed by atoms with E-state index < -0.39 is 0 Å². The molecule has 60 valence electrons. The van der Waals surface area contributed by atoms with Crippen LogP contribution in [0.15, 0.2) is 12.1 Å². The Hall–Kier alpha value is -0.250. The lowest BCUT2D eigenvalue weighted by Crippen LogP contribution is -1.94. The molecule has 0 aliphatic rings. The summed E-state index contributed by atoms with van der Waals surface area (Å²) in [6.07, 6.45) is 1.06. The van der Waals surface area contributed by atoms with E-state index in [0.29, 0.717) is 0 Å². The summed E-state index contributed by atoms with van der Waals surface area (Å²) < 4.78 is 1.32. The molecular weight excluding hydrogens is 249 g/mol. The van der Waals surface area contributed by atoms with Crippen LogP contribution in [0.2, 0.25) is 0 Å². The molecule has 0 atom stereocenters. The van der Waals surface area contributed by atoms with Crippen molar-refractivity contribution < 1.29 is 0 Å². The van der Waals surface area contributed by atoms with Crippen molar-refractivity contribution in [2.75, 3.05) is 5.73 Å². The van der Waals surface area contributed by atoms with Gasteiger partial charge in [-0.1, -0.05) is 6.92 Å². The zero-order chi connectivity index (χ0) is 8.43. The van der Waals surface area contributed by atoms with E-state index in [4.69, 9.17) is 5.73 Å². The van der Waals surface area contributed by atoms with E-state index in [9.17, 15) is 0 Å². The molecule has 2 heteroatoms. The van der Waals surface area contributed by atoms with Gasteiger partial charge in [0, 0.05) is 9.26 Å². The lowest BCUT2D eigenvalue weighted by Gasteiger charge is -2.05. The Balaban J connectivity index is 3.21. The highest BCUT2D eigenvalue weighted by Crippen LogP contribution is 2.20. The van der Waals surface area contributed by atoms with Crippen LogP contribution in [0.1, 0.15) is 18.1 Å². The van der Waals surface area contributed by atoms with Gasteiger partial charge in [0.1, 0.15) is 0 Å². The fraction of sp³-hybridized carbons (Fsp3) is 0.333. The van der Waals surface area contributed by atoms with E-state index >= 15 is 0 Å². The Morgan fingerprint density at radius 1 is 1.45 bits per heavy atom. The minimum atomic E-state index is 0.905. The molecule has 0 saturated heterocycles. The van der Waals surface area contributed by atoms with Crippen molar-refractivity contribution in [2.24, 2.45) is 0 Å². The normalized spacial score (nSPS) is 10.1. The summed E-state index contributed by atoms with van der Waals surface area (Å²) in [6, 6.07) is 4.20. The molecule has 1 rings (SSSR count). The molecule has 0 amide bonds. The maximum atomic E-state index is 5.76. The van der Waals surface area contributed by atoms with Crippen molar-refractivity contribution in [2.45, 2.75) is 20.3 Å². The van der Waals surface area contributed by atoms with E-state index in [0.717, 1.165) is 12.1 Å². The van der Waals surface area contributed by atoms with Gasteiger partial charge in [-0.2, -0.15) is 0 Å². The summed E-state index contributed by atoms with van der Waals surface area (Å²) in [4.78, 5) is 0. The maximum absolute atomic E-state index is 5.76. The van der Waals surface area contributed by atoms with Crippen molar-refractivity contribution >= 4 is 28.3 Å². The summed E-state index contributed by atoms with van der Waals surface area (Å²) in [5.74, 6) is 0. The van der Waals surface area contributed by atoms with Crippen LogP contribution in [0.25, 0.3) is 0 Å². The smallest absolute Gasteiger partial charge is 0.0347 e. The molecule has 0 unspecified atom stereocenters. The number of rotatable bonds is 1. The highest BCUT2D eigenvalue weighted by molar-refractivity contribution is 14.1. The molecule has 0 bridgehead atoms. The predicted octanol–water partition coefficient (Wildman–Crippen LogP) is 2.74. The molecule has 11 heavy (non-hydrogen) atoms. The van der Waals surface area contributed by atoms with Crippen molar-refractivity contribution in [3.63, 3.8) is 0 Å². The molecule has 0 aromatic heterocycles. The fourth-order valence-electron chi connectivity index (χ4n) is 1.01. The number of anilines is 1. The first-order valence-electron chi connectivity index (χ1n) is 3.69. The molecule has 0 aliphatic heterocycles. The minimum absolute atomic E-state index is 0.905. The fourth-order valence-corrected chi connectivity index (χ4v) is 2.01. The van der Waals surface area contributed by atoms with Gasteiger partial charge in [-0.15, -0.1) is 0 Å². The summed E-state index contributed by atoms with van der Waals surface area (Å²) in [6.45, 7) is 4.18. The Kier molecular flexibility index (Phi) is 2.76. The van der Waals surface area contributed by atoms with Crippen LogP contribution in [0, 0.1) is 10.5 Å². The molecule has 0 fully saturated rings. The average molecular weight is 261 g/mol. The molecule has 0 heterocycles. The van der Waals surface area contributed by atoms with Crippen LogP contribution < -0.4 is 5.73 Å². The van der Waals surface area contributed by atoms with Gasteiger partial charge in [0.15, 0.2) is 0 Å². The number of hydrogen-bond acceptors (Lipinski definition) is 1. The first-order valence-corrected chi connectivity index (χ1v) is 4.77. The van der Waals surface area contributed by atoms with Crippen LogP contribution in [-0.4, -0.2) is 0 Å². The van der Waals surface area contributed by atoms with Crippen LogP contribution in [0.3, 0.4) is 0 Å². The van der Waals surface area contributed by atoms with Crippen LogP contribution in [0.4, 0.5) is 5.69 Å². The van der Waals surface area contributed by atoms with E-state index in [-0.39, 0.29) is 0 Å². The molecule has 1 nitrogen and oxygen atoms in total. The van der Waals surface area contributed by atoms with E-state index in [1.807, 2.05) is 6.92 Å². The molecule has 2 N–H and O–H groups in total. The number of nitrogen functional groups attached to an aromatic ring is 1. The Morgan fingerprint density at radius 3 is 2.64 bits per heavy atom. The number of hydrogen-bond donors (Lipinski definition) is 1. The van der Waals surface area contributed by atoms with Gasteiger partial charge in [-0.25, -0.2) is 0 Å². The Bertz CT molecular complexity index is 269. The molecule has 0 aliphatic carbocycles. The minimum Gasteiger partial charge on any atom is -0.399 e. The van der Waals surface area contributed by atoms with Gasteiger partial charge < -0.3 is 5.73 Å². The average Bonchev–Trinajstić information content (AvgIpc) is 1.97. The second-order valence-corrected chi connectivity index (χ2v) is 3.82. The molecule has 1 aromatic carbocycles. The van der Waals surface area contributed by atoms with Crippen molar-refractivity contribution in [3.8, 4) is 0 Å². The molecule has 1 aromatic rings. The summed E-state index contributed by atoms with van der Waals surface area (Å²) in [5.41, 5.74) is 9.18. The second-order valence-electron chi connectivity index (χ2n) is 2.65. The van der Waals surface area contributed by atoms with Crippen LogP contribution in [0.5, 0.6) is 0 Å². The van der Waals surface area contributed by atoms with Gasteiger partial charge in [-0.05, 0) is 59.2 Å². The highest BCUT2D eigenvalue weighted by atomic mass is 127. The third-order valence-electron chi connectivity index (χ3n) is 1.82. The zero-order valence-corrected chi connectivity index (χ0v) is 8.97.